The van der Waals surface area contributed by atoms with Crippen molar-refractivity contribution in [2.45, 2.75) is 19.6 Å². The Kier molecular flexibility index (Phi) is 7.05. The maximum atomic E-state index is 2.57. The summed E-state index contributed by atoms with van der Waals surface area (Å²) in [4.78, 5) is 0. The largest absolute Gasteiger partial charge is 0.0773 e. The summed E-state index contributed by atoms with van der Waals surface area (Å²) < 4.78 is 0. The van der Waals surface area contributed by atoms with E-state index in [-0.39, 0.29) is 7.35 Å². The Morgan fingerprint density at radius 3 is 1.62 bits per heavy atom. The van der Waals surface area contributed by atoms with E-state index in [9.17, 15) is 0 Å². The molecule has 8 heavy (non-hydrogen) atoms. The fourth-order valence-electron chi connectivity index (χ4n) is 1.11. The molecule has 0 aliphatic rings. The van der Waals surface area contributed by atoms with Gasteiger partial charge < -0.3 is 0 Å². The smallest absolute Gasteiger partial charge is 0.00220 e. The molecule has 0 aromatic carbocycles. The topological polar surface area (TPSA) is 0 Å². The van der Waals surface area contributed by atoms with Gasteiger partial charge in [0.1, 0.15) is 0 Å². The number of hydrogen-bond acceptors (Lipinski definition) is 0. The van der Waals surface area contributed by atoms with Gasteiger partial charge in [0.25, 0.3) is 0 Å². The first-order valence-electron chi connectivity index (χ1n) is 3.85. The van der Waals surface area contributed by atoms with Crippen molar-refractivity contribution in [2.24, 2.45) is 0 Å². The third-order valence-electron chi connectivity index (χ3n) is 1.85. The zero-order chi connectivity index (χ0) is 6.41. The predicted molar refractivity (Wildman–Crippen MR) is 58.9 cm³/mol. The van der Waals surface area contributed by atoms with Crippen molar-refractivity contribution in [3.8, 4) is 0 Å². The standard InChI is InChI=1S/C3H18Si5/c1-4-7-8(5-2)6-3/h8H,4-7H2,1-3H3. The molecule has 0 fully saturated rings. The van der Waals surface area contributed by atoms with Crippen molar-refractivity contribution >= 4 is 43.0 Å². The summed E-state index contributed by atoms with van der Waals surface area (Å²) in [6.45, 7) is 7.69. The average molecular weight is 195 g/mol. The van der Waals surface area contributed by atoms with Crippen LogP contribution in [0.3, 0.4) is 0 Å². The monoisotopic (exact) mass is 194 g/mol. The molecule has 0 aliphatic carbocycles. The van der Waals surface area contributed by atoms with Gasteiger partial charge in [0.05, 0.1) is 0 Å². The first kappa shape index (κ1) is 9.08. The Morgan fingerprint density at radius 1 is 1.00 bits per heavy atom. The van der Waals surface area contributed by atoms with E-state index in [4.69, 9.17) is 0 Å². The maximum Gasteiger partial charge on any atom is 0.00220 e. The van der Waals surface area contributed by atoms with E-state index in [1.54, 1.807) is 0 Å². The van der Waals surface area contributed by atoms with Crippen LogP contribution in [0.2, 0.25) is 19.6 Å². The van der Waals surface area contributed by atoms with E-state index >= 15 is 0 Å². The third-order valence-corrected chi connectivity index (χ3v) is 72.0. The highest BCUT2D eigenvalue weighted by Crippen LogP contribution is 1.73. The van der Waals surface area contributed by atoms with Crippen LogP contribution >= 0.6 is 0 Å². The Labute approximate surface area is 62.9 Å². The van der Waals surface area contributed by atoms with Crippen LogP contribution in [-0.4, -0.2) is 43.0 Å². The lowest BCUT2D eigenvalue weighted by Crippen LogP contribution is -2.37. The second-order valence-electron chi connectivity index (χ2n) is 2.47. The molecule has 0 saturated carbocycles. The summed E-state index contributed by atoms with van der Waals surface area (Å²) in [5.41, 5.74) is 0. The molecule has 0 aromatic rings. The van der Waals surface area contributed by atoms with Crippen LogP contribution < -0.4 is 0 Å². The second-order valence-corrected chi connectivity index (χ2v) is 43.0. The SMILES string of the molecule is C[SiH2][SiH2][SiH]([SiH2]C)[SiH2]C. The molecule has 0 heterocycles. The van der Waals surface area contributed by atoms with Gasteiger partial charge in [0, 0.05) is 27.1 Å². The van der Waals surface area contributed by atoms with Crippen molar-refractivity contribution in [3.05, 3.63) is 0 Å². The molecule has 0 amide bonds. The lowest BCUT2D eigenvalue weighted by molar-refractivity contribution is 2.33. The average Bonchev–Trinajstić information content (AvgIpc) is 1.83. The van der Waals surface area contributed by atoms with Crippen molar-refractivity contribution in [1.82, 2.24) is 0 Å². The van der Waals surface area contributed by atoms with Gasteiger partial charge in [-0.05, 0) is 15.9 Å². The molecule has 0 atom stereocenters. The van der Waals surface area contributed by atoms with Gasteiger partial charge in [-0.15, -0.1) is 0 Å². The second kappa shape index (κ2) is 6.21. The van der Waals surface area contributed by atoms with Gasteiger partial charge >= 0.3 is 0 Å². The minimum absolute atomic E-state index is 0.286. The molecule has 0 radical (unpaired) electrons. The molecule has 50 valence electrons. The first-order chi connectivity index (χ1) is 3.85. The van der Waals surface area contributed by atoms with Gasteiger partial charge in [-0.3, -0.25) is 0 Å². The van der Waals surface area contributed by atoms with Crippen LogP contribution in [-0.2, 0) is 0 Å². The molecule has 0 aliphatic heterocycles. The van der Waals surface area contributed by atoms with Crippen LogP contribution in [0.1, 0.15) is 0 Å². The number of rotatable bonds is 4. The van der Waals surface area contributed by atoms with E-state index in [2.05, 4.69) is 19.6 Å². The highest BCUT2D eigenvalue weighted by atomic mass is 30.0. The van der Waals surface area contributed by atoms with Gasteiger partial charge in [0.15, 0.2) is 0 Å². The summed E-state index contributed by atoms with van der Waals surface area (Å²) in [7, 11) is 2.87. The normalized spacial score (nSPS) is 19.9. The van der Waals surface area contributed by atoms with Crippen molar-refractivity contribution < 1.29 is 0 Å². The van der Waals surface area contributed by atoms with Crippen molar-refractivity contribution in [1.29, 1.82) is 0 Å². The van der Waals surface area contributed by atoms with Gasteiger partial charge in [-0.1, -0.05) is 19.6 Å². The highest BCUT2D eigenvalue weighted by molar-refractivity contribution is 7.67. The zero-order valence-electron chi connectivity index (χ0n) is 6.41. The lowest BCUT2D eigenvalue weighted by atomic mass is 11.9. The summed E-state index contributed by atoms with van der Waals surface area (Å²) in [6, 6.07) is 0. The molecular formula is C3H18Si5. The molecule has 0 aromatic heterocycles. The minimum Gasteiger partial charge on any atom is -0.0773 e. The molecule has 0 N–H and O–H groups in total. The third kappa shape index (κ3) is 4.01. The van der Waals surface area contributed by atoms with Gasteiger partial charge in [0.2, 0.25) is 0 Å². The van der Waals surface area contributed by atoms with E-state index < -0.39 is 0 Å². The van der Waals surface area contributed by atoms with Crippen LogP contribution in [0.5, 0.6) is 0 Å². The summed E-state index contributed by atoms with van der Waals surface area (Å²) >= 11 is 0. The van der Waals surface area contributed by atoms with Crippen molar-refractivity contribution in [2.75, 3.05) is 0 Å². The molecule has 0 spiro atoms. The van der Waals surface area contributed by atoms with E-state index in [0.29, 0.717) is 27.1 Å². The van der Waals surface area contributed by atoms with Crippen LogP contribution in [0, 0.1) is 0 Å². The molecule has 0 bridgehead atoms. The fraction of sp³-hybridized carbons (Fsp3) is 1.00. The van der Waals surface area contributed by atoms with Crippen LogP contribution in [0.15, 0.2) is 0 Å². The van der Waals surface area contributed by atoms with Crippen LogP contribution in [0.25, 0.3) is 0 Å². The van der Waals surface area contributed by atoms with E-state index in [0.717, 1.165) is 8.55 Å². The Hall–Kier alpha value is 1.08. The molecule has 0 saturated heterocycles. The number of hydrogen-bond donors (Lipinski definition) is 0. The molecule has 0 rings (SSSR count). The minimum atomic E-state index is 0.286. The molecule has 0 nitrogen and oxygen atoms in total. The summed E-state index contributed by atoms with van der Waals surface area (Å²) in [6.07, 6.45) is 0. The van der Waals surface area contributed by atoms with E-state index in [1.807, 2.05) is 0 Å². The van der Waals surface area contributed by atoms with Crippen LogP contribution in [0.4, 0.5) is 0 Å². The fourth-order valence-corrected chi connectivity index (χ4v) is 73.9. The molecule has 5 heteroatoms. The van der Waals surface area contributed by atoms with Gasteiger partial charge in [-0.2, -0.15) is 0 Å². The molecular weight excluding hydrogens is 176 g/mol. The highest BCUT2D eigenvalue weighted by Gasteiger charge is 2.02. The quantitative estimate of drug-likeness (QED) is 0.432. The van der Waals surface area contributed by atoms with E-state index in [1.165, 1.54) is 0 Å². The summed E-state index contributed by atoms with van der Waals surface area (Å²) in [5.74, 6) is 0. The Bertz CT molecular complexity index is 42.9. The first-order valence-corrected chi connectivity index (χ1v) is 21.9. The zero-order valence-corrected chi connectivity index (χ0v) is 13.2. The Morgan fingerprint density at radius 2 is 1.50 bits per heavy atom. The lowest BCUT2D eigenvalue weighted by Gasteiger charge is -2.04. The van der Waals surface area contributed by atoms with Gasteiger partial charge in [-0.25, -0.2) is 0 Å². The van der Waals surface area contributed by atoms with Crippen molar-refractivity contribution in [3.63, 3.8) is 0 Å². The summed E-state index contributed by atoms with van der Waals surface area (Å²) in [5, 5.41) is 0. The molecule has 0 unspecified atom stereocenters. The maximum absolute atomic E-state index is 2.57. The predicted octanol–water partition coefficient (Wildman–Crippen LogP) is -2.56. The Balaban J connectivity index is 3.07.